The van der Waals surface area contributed by atoms with Crippen LogP contribution in [0.3, 0.4) is 0 Å². The van der Waals surface area contributed by atoms with Gasteiger partial charge in [-0.1, -0.05) is 36.4 Å². The zero-order valence-electron chi connectivity index (χ0n) is 21.1. The predicted octanol–water partition coefficient (Wildman–Crippen LogP) is 5.79. The van der Waals surface area contributed by atoms with Gasteiger partial charge in [-0.25, -0.2) is 0 Å². The van der Waals surface area contributed by atoms with Gasteiger partial charge < -0.3 is 14.5 Å². The Labute approximate surface area is 218 Å². The topological polar surface area (TPSA) is 62.7 Å². The van der Waals surface area contributed by atoms with Crippen molar-refractivity contribution in [3.63, 3.8) is 0 Å². The first-order chi connectivity index (χ1) is 18.2. The maximum absolute atomic E-state index is 13.8. The fourth-order valence-electron chi connectivity index (χ4n) is 4.97. The van der Waals surface area contributed by atoms with Crippen molar-refractivity contribution in [2.75, 3.05) is 18.1 Å². The highest BCUT2D eigenvalue weighted by Gasteiger charge is 2.24. The molecule has 37 heavy (non-hydrogen) atoms. The van der Waals surface area contributed by atoms with E-state index in [0.717, 1.165) is 48.4 Å². The summed E-state index contributed by atoms with van der Waals surface area (Å²) in [6, 6.07) is 21.1. The molecular formula is C31H33N3O3. The van der Waals surface area contributed by atoms with E-state index in [1.54, 1.807) is 16.0 Å². The van der Waals surface area contributed by atoms with E-state index in [2.05, 4.69) is 17.1 Å². The standard InChI is InChI=1S/C31H33N3O3/c35-30-16-8-18-34(30)28-14-7-12-26(20-28)31(36)33(22-27-13-4-5-17-32-27)21-25-11-6-15-29(19-25)37-23-24-9-2-1-3-10-24/h1-2,4-7,11-15,17,19-20,24H,3,8-10,16,18,21-23H2. The molecule has 2 aliphatic rings. The predicted molar refractivity (Wildman–Crippen MR) is 144 cm³/mol. The molecule has 2 amide bonds. The number of nitrogens with zero attached hydrogens (tertiary/aromatic N) is 3. The molecule has 6 nitrogen and oxygen atoms in total. The second kappa shape index (κ2) is 11.9. The van der Waals surface area contributed by atoms with Crippen molar-refractivity contribution in [2.45, 2.75) is 45.2 Å². The van der Waals surface area contributed by atoms with Crippen LogP contribution in [0.25, 0.3) is 0 Å². The van der Waals surface area contributed by atoms with Gasteiger partial charge in [0.05, 0.1) is 18.8 Å². The van der Waals surface area contributed by atoms with Gasteiger partial charge in [0.15, 0.2) is 0 Å². The van der Waals surface area contributed by atoms with Crippen molar-refractivity contribution in [2.24, 2.45) is 5.92 Å². The summed E-state index contributed by atoms with van der Waals surface area (Å²) < 4.78 is 6.13. The number of aromatic nitrogens is 1. The number of allylic oxidation sites excluding steroid dienone is 2. The Hall–Kier alpha value is -3.93. The van der Waals surface area contributed by atoms with Gasteiger partial charge in [-0.05, 0) is 79.6 Å². The number of benzene rings is 2. The van der Waals surface area contributed by atoms with Crippen LogP contribution in [0.4, 0.5) is 5.69 Å². The lowest BCUT2D eigenvalue weighted by molar-refractivity contribution is -0.117. The van der Waals surface area contributed by atoms with Crippen LogP contribution in [0.1, 0.15) is 53.7 Å². The van der Waals surface area contributed by atoms with Crippen LogP contribution >= 0.6 is 0 Å². The van der Waals surface area contributed by atoms with Crippen LogP contribution < -0.4 is 9.64 Å². The van der Waals surface area contributed by atoms with Crippen molar-refractivity contribution < 1.29 is 14.3 Å². The number of carbonyl (C=O) groups is 2. The second-order valence-electron chi connectivity index (χ2n) is 9.79. The van der Waals surface area contributed by atoms with Crippen LogP contribution in [0.15, 0.2) is 85.1 Å². The number of anilines is 1. The highest BCUT2D eigenvalue weighted by atomic mass is 16.5. The van der Waals surface area contributed by atoms with Crippen LogP contribution in [-0.4, -0.2) is 34.8 Å². The number of ether oxygens (including phenoxy) is 1. The summed E-state index contributed by atoms with van der Waals surface area (Å²) in [5.41, 5.74) is 3.15. The van der Waals surface area contributed by atoms with Gasteiger partial charge >= 0.3 is 0 Å². The highest BCUT2D eigenvalue weighted by Crippen LogP contribution is 2.25. The smallest absolute Gasteiger partial charge is 0.254 e. The monoisotopic (exact) mass is 495 g/mol. The first kappa shape index (κ1) is 24.8. The molecule has 1 fully saturated rings. The van der Waals surface area contributed by atoms with Gasteiger partial charge in [0.25, 0.3) is 5.91 Å². The summed E-state index contributed by atoms with van der Waals surface area (Å²) in [6.45, 7) is 2.20. The summed E-state index contributed by atoms with van der Waals surface area (Å²) in [5, 5.41) is 0. The van der Waals surface area contributed by atoms with Gasteiger partial charge in [-0.2, -0.15) is 0 Å². The molecule has 1 unspecified atom stereocenters. The molecule has 0 radical (unpaired) electrons. The normalized spacial score (nSPS) is 17.1. The van der Waals surface area contributed by atoms with E-state index in [4.69, 9.17) is 4.74 Å². The second-order valence-corrected chi connectivity index (χ2v) is 9.79. The highest BCUT2D eigenvalue weighted by molar-refractivity contribution is 5.99. The van der Waals surface area contributed by atoms with E-state index in [1.165, 1.54) is 0 Å². The zero-order valence-corrected chi connectivity index (χ0v) is 21.1. The summed E-state index contributed by atoms with van der Waals surface area (Å²) in [5.74, 6) is 1.38. The van der Waals surface area contributed by atoms with E-state index >= 15 is 0 Å². The quantitative estimate of drug-likeness (QED) is 0.353. The summed E-state index contributed by atoms with van der Waals surface area (Å²) in [4.78, 5) is 34.1. The van der Waals surface area contributed by atoms with Crippen molar-refractivity contribution in [3.8, 4) is 5.75 Å². The molecule has 1 aliphatic carbocycles. The number of carbonyl (C=O) groups excluding carboxylic acids is 2. The number of hydrogen-bond donors (Lipinski definition) is 0. The Morgan fingerprint density at radius 3 is 2.73 bits per heavy atom. The third-order valence-electron chi connectivity index (χ3n) is 6.98. The minimum absolute atomic E-state index is 0.0977. The number of hydrogen-bond acceptors (Lipinski definition) is 4. The lowest BCUT2D eigenvalue weighted by Gasteiger charge is -2.24. The zero-order chi connectivity index (χ0) is 25.5. The van der Waals surface area contributed by atoms with Gasteiger partial charge in [0, 0.05) is 37.0 Å². The van der Waals surface area contributed by atoms with Crippen molar-refractivity contribution >= 4 is 17.5 Å². The lowest BCUT2D eigenvalue weighted by Crippen LogP contribution is -2.31. The Morgan fingerprint density at radius 2 is 1.95 bits per heavy atom. The molecule has 3 aromatic rings. The third-order valence-corrected chi connectivity index (χ3v) is 6.98. The average Bonchev–Trinajstić information content (AvgIpc) is 3.38. The fourth-order valence-corrected chi connectivity index (χ4v) is 4.97. The molecule has 1 aliphatic heterocycles. The van der Waals surface area contributed by atoms with Crippen molar-refractivity contribution in [3.05, 3.63) is 102 Å². The molecule has 190 valence electrons. The number of pyridine rings is 1. The molecule has 1 aromatic heterocycles. The van der Waals surface area contributed by atoms with E-state index in [-0.39, 0.29) is 11.8 Å². The maximum Gasteiger partial charge on any atom is 0.254 e. The maximum atomic E-state index is 13.8. The molecule has 2 aromatic carbocycles. The fraction of sp³-hybridized carbons (Fsp3) is 0.323. The molecule has 1 atom stereocenters. The van der Waals surface area contributed by atoms with E-state index in [0.29, 0.717) is 44.1 Å². The lowest BCUT2D eigenvalue weighted by atomic mass is 9.95. The van der Waals surface area contributed by atoms with Gasteiger partial charge in [0.1, 0.15) is 5.75 Å². The summed E-state index contributed by atoms with van der Waals surface area (Å²) >= 11 is 0. The van der Waals surface area contributed by atoms with E-state index in [9.17, 15) is 9.59 Å². The molecule has 2 heterocycles. The Bertz CT molecular complexity index is 1260. The van der Waals surface area contributed by atoms with Crippen LogP contribution in [0, 0.1) is 5.92 Å². The summed E-state index contributed by atoms with van der Waals surface area (Å²) in [6.07, 6.45) is 11.0. The van der Waals surface area contributed by atoms with Crippen LogP contribution in [0.5, 0.6) is 5.75 Å². The van der Waals surface area contributed by atoms with Gasteiger partial charge in [-0.15, -0.1) is 0 Å². The number of rotatable bonds is 9. The Kier molecular flexibility index (Phi) is 7.94. The molecule has 0 bridgehead atoms. The molecule has 5 rings (SSSR count). The average molecular weight is 496 g/mol. The Balaban J connectivity index is 1.34. The van der Waals surface area contributed by atoms with Crippen molar-refractivity contribution in [1.29, 1.82) is 0 Å². The SMILES string of the molecule is O=C(c1cccc(N2CCCC2=O)c1)N(Cc1cccc(OCC2CC=CCC2)c1)Cc1ccccn1. The minimum atomic E-state index is -0.0977. The van der Waals surface area contributed by atoms with Gasteiger partial charge in [0.2, 0.25) is 5.91 Å². The molecule has 0 N–H and O–H groups in total. The third kappa shape index (κ3) is 6.45. The molecular weight excluding hydrogens is 462 g/mol. The first-order valence-corrected chi connectivity index (χ1v) is 13.1. The van der Waals surface area contributed by atoms with Crippen LogP contribution in [-0.2, 0) is 17.9 Å². The molecule has 0 saturated carbocycles. The largest absolute Gasteiger partial charge is 0.493 e. The van der Waals surface area contributed by atoms with E-state index in [1.807, 2.05) is 66.7 Å². The van der Waals surface area contributed by atoms with Gasteiger partial charge in [-0.3, -0.25) is 14.6 Å². The van der Waals surface area contributed by atoms with E-state index < -0.39 is 0 Å². The number of amides is 2. The molecule has 0 spiro atoms. The Morgan fingerprint density at radius 1 is 1.03 bits per heavy atom. The summed E-state index contributed by atoms with van der Waals surface area (Å²) in [7, 11) is 0. The first-order valence-electron chi connectivity index (χ1n) is 13.1. The van der Waals surface area contributed by atoms with Crippen LogP contribution in [0.2, 0.25) is 0 Å². The molecule has 6 heteroatoms. The van der Waals surface area contributed by atoms with Crippen molar-refractivity contribution in [1.82, 2.24) is 9.88 Å². The minimum Gasteiger partial charge on any atom is -0.493 e. The molecule has 1 saturated heterocycles.